The van der Waals surface area contributed by atoms with E-state index in [0.717, 1.165) is 26.2 Å². The van der Waals surface area contributed by atoms with Crippen molar-refractivity contribution >= 4 is 11.9 Å². The molecule has 1 rings (SSSR count). The Morgan fingerprint density at radius 1 is 1.50 bits per heavy atom. The lowest BCUT2D eigenvalue weighted by Crippen LogP contribution is -2.48. The van der Waals surface area contributed by atoms with Crippen molar-refractivity contribution in [1.29, 1.82) is 0 Å². The average molecular weight is 201 g/mol. The van der Waals surface area contributed by atoms with Crippen molar-refractivity contribution < 1.29 is 19.8 Å². The second-order valence-electron chi connectivity index (χ2n) is 3.92. The van der Waals surface area contributed by atoms with Gasteiger partial charge in [-0.3, -0.25) is 4.79 Å². The number of aliphatic hydroxyl groups is 1. The number of carbonyl (C=O) groups is 2. The SMILES string of the molecule is CC(O)(CNC(=O)C1CCC1)C(=O)O. The molecule has 0 aromatic carbocycles. The molecule has 0 aliphatic heterocycles. The Kier molecular flexibility index (Phi) is 3.10. The van der Waals surface area contributed by atoms with Gasteiger partial charge in [0.15, 0.2) is 5.60 Å². The number of carboxylic acids is 1. The number of amides is 1. The summed E-state index contributed by atoms with van der Waals surface area (Å²) < 4.78 is 0. The molecular formula is C9H15NO4. The maximum absolute atomic E-state index is 11.3. The zero-order valence-corrected chi connectivity index (χ0v) is 8.12. The Hall–Kier alpha value is -1.10. The van der Waals surface area contributed by atoms with Gasteiger partial charge in [-0.2, -0.15) is 0 Å². The van der Waals surface area contributed by atoms with Crippen LogP contribution in [0.5, 0.6) is 0 Å². The van der Waals surface area contributed by atoms with Crippen LogP contribution in [0.1, 0.15) is 26.2 Å². The highest BCUT2D eigenvalue weighted by molar-refractivity contribution is 5.81. The molecule has 5 nitrogen and oxygen atoms in total. The van der Waals surface area contributed by atoms with Gasteiger partial charge in [0.2, 0.25) is 5.91 Å². The van der Waals surface area contributed by atoms with Crippen LogP contribution >= 0.6 is 0 Å². The van der Waals surface area contributed by atoms with E-state index < -0.39 is 11.6 Å². The Bertz CT molecular complexity index is 245. The highest BCUT2D eigenvalue weighted by atomic mass is 16.4. The Morgan fingerprint density at radius 3 is 2.43 bits per heavy atom. The summed E-state index contributed by atoms with van der Waals surface area (Å²) in [4.78, 5) is 21.8. The fourth-order valence-corrected chi connectivity index (χ4v) is 1.15. The van der Waals surface area contributed by atoms with E-state index in [-0.39, 0.29) is 18.4 Å². The monoisotopic (exact) mass is 201 g/mol. The number of carbonyl (C=O) groups excluding carboxylic acids is 1. The molecule has 1 aliphatic rings. The van der Waals surface area contributed by atoms with Crippen LogP contribution in [0.25, 0.3) is 0 Å². The standard InChI is InChI=1S/C9H15NO4/c1-9(14,8(12)13)5-10-7(11)6-3-2-4-6/h6,14H,2-5H2,1H3,(H,10,11)(H,12,13). The van der Waals surface area contributed by atoms with Crippen LogP contribution in [0.15, 0.2) is 0 Å². The molecule has 1 amide bonds. The molecule has 1 saturated carbocycles. The molecule has 0 heterocycles. The molecule has 0 aromatic heterocycles. The number of hydrogen-bond acceptors (Lipinski definition) is 3. The van der Waals surface area contributed by atoms with Crippen LogP contribution in [0.3, 0.4) is 0 Å². The van der Waals surface area contributed by atoms with Gasteiger partial charge in [0.05, 0.1) is 6.54 Å². The molecule has 1 fully saturated rings. The molecule has 1 aliphatic carbocycles. The maximum Gasteiger partial charge on any atom is 0.337 e. The molecule has 0 radical (unpaired) electrons. The zero-order chi connectivity index (χ0) is 10.8. The minimum atomic E-state index is -1.88. The van der Waals surface area contributed by atoms with E-state index in [2.05, 4.69) is 5.32 Å². The Balaban J connectivity index is 2.32. The van der Waals surface area contributed by atoms with Gasteiger partial charge in [-0.25, -0.2) is 4.79 Å². The highest BCUT2D eigenvalue weighted by Crippen LogP contribution is 2.26. The summed E-state index contributed by atoms with van der Waals surface area (Å²) in [5.74, 6) is -1.47. The van der Waals surface area contributed by atoms with Crippen LogP contribution in [-0.2, 0) is 9.59 Å². The van der Waals surface area contributed by atoms with E-state index in [9.17, 15) is 14.7 Å². The average Bonchev–Trinajstić information content (AvgIpc) is 1.97. The Labute approximate surface area is 82.1 Å². The van der Waals surface area contributed by atoms with Gasteiger partial charge in [0, 0.05) is 5.92 Å². The summed E-state index contributed by atoms with van der Waals surface area (Å²) in [6.45, 7) is 0.925. The number of rotatable bonds is 4. The zero-order valence-electron chi connectivity index (χ0n) is 8.12. The van der Waals surface area contributed by atoms with Crippen molar-refractivity contribution in [2.24, 2.45) is 5.92 Å². The number of carboxylic acid groups (broad SMARTS) is 1. The van der Waals surface area contributed by atoms with Gasteiger partial charge in [-0.15, -0.1) is 0 Å². The van der Waals surface area contributed by atoms with Crippen LogP contribution < -0.4 is 5.32 Å². The molecule has 0 saturated heterocycles. The first-order valence-electron chi connectivity index (χ1n) is 4.67. The van der Waals surface area contributed by atoms with Gasteiger partial charge in [-0.1, -0.05) is 6.42 Å². The van der Waals surface area contributed by atoms with Crippen LogP contribution in [0, 0.1) is 5.92 Å². The molecule has 3 N–H and O–H groups in total. The summed E-state index contributed by atoms with van der Waals surface area (Å²) in [7, 11) is 0. The minimum Gasteiger partial charge on any atom is -0.479 e. The van der Waals surface area contributed by atoms with Crippen molar-refractivity contribution in [3.63, 3.8) is 0 Å². The highest BCUT2D eigenvalue weighted by Gasteiger charge is 2.32. The molecule has 0 spiro atoms. The summed E-state index contributed by atoms with van der Waals surface area (Å²) >= 11 is 0. The van der Waals surface area contributed by atoms with Crippen LogP contribution in [-0.4, -0.2) is 34.2 Å². The van der Waals surface area contributed by atoms with Crippen molar-refractivity contribution in [2.45, 2.75) is 31.8 Å². The largest absolute Gasteiger partial charge is 0.479 e. The lowest BCUT2D eigenvalue weighted by atomic mass is 9.84. The van der Waals surface area contributed by atoms with Crippen molar-refractivity contribution in [3.05, 3.63) is 0 Å². The predicted molar refractivity (Wildman–Crippen MR) is 48.6 cm³/mol. The number of nitrogens with one attached hydrogen (secondary N) is 1. The first-order valence-corrected chi connectivity index (χ1v) is 4.67. The van der Waals surface area contributed by atoms with Gasteiger partial charge in [0.25, 0.3) is 0 Å². The van der Waals surface area contributed by atoms with Gasteiger partial charge in [0.1, 0.15) is 0 Å². The molecule has 5 heteroatoms. The summed E-state index contributed by atoms with van der Waals surface area (Å²) in [5, 5.41) is 20.3. The van der Waals surface area contributed by atoms with E-state index in [1.807, 2.05) is 0 Å². The summed E-state index contributed by atoms with van der Waals surface area (Å²) in [6.07, 6.45) is 2.77. The molecular weight excluding hydrogens is 186 g/mol. The third kappa shape index (κ3) is 2.45. The maximum atomic E-state index is 11.3. The lowest BCUT2D eigenvalue weighted by molar-refractivity contribution is -0.156. The fourth-order valence-electron chi connectivity index (χ4n) is 1.15. The van der Waals surface area contributed by atoms with Crippen molar-refractivity contribution in [3.8, 4) is 0 Å². The fraction of sp³-hybridized carbons (Fsp3) is 0.778. The molecule has 0 aromatic rings. The summed E-state index contributed by atoms with van der Waals surface area (Å²) in [6, 6.07) is 0. The van der Waals surface area contributed by atoms with Crippen molar-refractivity contribution in [1.82, 2.24) is 5.32 Å². The van der Waals surface area contributed by atoms with Crippen LogP contribution in [0.2, 0.25) is 0 Å². The van der Waals surface area contributed by atoms with Gasteiger partial charge < -0.3 is 15.5 Å². The van der Waals surface area contributed by atoms with E-state index in [1.165, 1.54) is 0 Å². The second-order valence-corrected chi connectivity index (χ2v) is 3.92. The van der Waals surface area contributed by atoms with Crippen molar-refractivity contribution in [2.75, 3.05) is 6.54 Å². The number of aliphatic carboxylic acids is 1. The molecule has 0 bridgehead atoms. The molecule has 80 valence electrons. The third-order valence-electron chi connectivity index (χ3n) is 2.54. The predicted octanol–water partition coefficient (Wildman–Crippen LogP) is -0.262. The van der Waals surface area contributed by atoms with Gasteiger partial charge in [-0.05, 0) is 19.8 Å². The second kappa shape index (κ2) is 3.96. The Morgan fingerprint density at radius 2 is 2.07 bits per heavy atom. The quantitative estimate of drug-likeness (QED) is 0.584. The third-order valence-corrected chi connectivity index (χ3v) is 2.54. The number of hydrogen-bond donors (Lipinski definition) is 3. The normalized spacial score (nSPS) is 20.7. The van der Waals surface area contributed by atoms with E-state index in [0.29, 0.717) is 0 Å². The smallest absolute Gasteiger partial charge is 0.337 e. The van der Waals surface area contributed by atoms with Crippen LogP contribution in [0.4, 0.5) is 0 Å². The molecule has 14 heavy (non-hydrogen) atoms. The molecule has 1 unspecified atom stereocenters. The lowest BCUT2D eigenvalue weighted by Gasteiger charge is -2.26. The van der Waals surface area contributed by atoms with E-state index in [4.69, 9.17) is 5.11 Å². The van der Waals surface area contributed by atoms with Gasteiger partial charge >= 0.3 is 5.97 Å². The topological polar surface area (TPSA) is 86.6 Å². The van der Waals surface area contributed by atoms with E-state index in [1.54, 1.807) is 0 Å². The first kappa shape index (κ1) is 11.0. The first-order chi connectivity index (χ1) is 6.43. The summed E-state index contributed by atoms with van der Waals surface area (Å²) in [5.41, 5.74) is -1.88. The minimum absolute atomic E-state index is 0.0135. The van der Waals surface area contributed by atoms with E-state index >= 15 is 0 Å². The molecule has 1 atom stereocenters.